The molecule has 0 spiro atoms. The summed E-state index contributed by atoms with van der Waals surface area (Å²) in [6.07, 6.45) is 3.87. The minimum Gasteiger partial charge on any atom is -0.363 e. The number of pyridine rings is 1. The Morgan fingerprint density at radius 3 is 2.95 bits per heavy atom. The number of rotatable bonds is 7. The number of hydrogen-bond donors (Lipinski definition) is 1. The molecule has 106 valence electrons. The molecule has 20 heavy (non-hydrogen) atoms. The first kappa shape index (κ1) is 14.2. The van der Waals surface area contributed by atoms with Gasteiger partial charge in [-0.2, -0.15) is 5.26 Å². The van der Waals surface area contributed by atoms with E-state index in [-0.39, 0.29) is 17.1 Å². The summed E-state index contributed by atoms with van der Waals surface area (Å²) in [7, 11) is 0. The minimum absolute atomic E-state index is 0.0297. The van der Waals surface area contributed by atoms with Gasteiger partial charge >= 0.3 is 5.69 Å². The van der Waals surface area contributed by atoms with Gasteiger partial charge in [0.25, 0.3) is 0 Å². The molecule has 0 unspecified atom stereocenters. The van der Waals surface area contributed by atoms with Crippen LogP contribution in [0.15, 0.2) is 12.3 Å². The Hall–Kier alpha value is -2.20. The van der Waals surface area contributed by atoms with Gasteiger partial charge in [-0.3, -0.25) is 15.0 Å². The highest BCUT2D eigenvalue weighted by atomic mass is 16.6. The Morgan fingerprint density at radius 1 is 1.65 bits per heavy atom. The standard InChI is InChI=1S/C13H17N5O2/c1-2-17(11-3-4-11)8-7-16-13-12(18(19)20)10(9-14)5-6-15-13/h5-6,11H,2-4,7-8H2,1H3,(H,15,16). The number of nitrogens with one attached hydrogen (secondary N) is 1. The van der Waals surface area contributed by atoms with Gasteiger partial charge in [0.05, 0.1) is 4.92 Å². The third-order valence-electron chi connectivity index (χ3n) is 3.39. The van der Waals surface area contributed by atoms with E-state index in [0.717, 1.165) is 13.1 Å². The molecule has 1 aromatic heterocycles. The van der Waals surface area contributed by atoms with Crippen LogP contribution in [-0.4, -0.2) is 40.5 Å². The lowest BCUT2D eigenvalue weighted by Gasteiger charge is -2.19. The zero-order valence-corrected chi connectivity index (χ0v) is 11.4. The second-order valence-corrected chi connectivity index (χ2v) is 4.71. The van der Waals surface area contributed by atoms with Crippen molar-refractivity contribution in [2.24, 2.45) is 0 Å². The molecule has 0 radical (unpaired) electrons. The van der Waals surface area contributed by atoms with E-state index in [1.807, 2.05) is 6.07 Å². The largest absolute Gasteiger partial charge is 0.363 e. The molecule has 1 aliphatic carbocycles. The van der Waals surface area contributed by atoms with Crippen molar-refractivity contribution in [2.75, 3.05) is 25.0 Å². The predicted molar refractivity (Wildman–Crippen MR) is 74.4 cm³/mol. The van der Waals surface area contributed by atoms with Gasteiger partial charge in [0.1, 0.15) is 11.6 Å². The zero-order valence-electron chi connectivity index (χ0n) is 11.4. The predicted octanol–water partition coefficient (Wildman–Crippen LogP) is 1.76. The highest BCUT2D eigenvalue weighted by Gasteiger charge is 2.27. The second kappa shape index (κ2) is 6.30. The van der Waals surface area contributed by atoms with Crippen molar-refractivity contribution in [3.63, 3.8) is 0 Å². The first-order valence-electron chi connectivity index (χ1n) is 6.68. The van der Waals surface area contributed by atoms with Crippen LogP contribution in [0.4, 0.5) is 11.5 Å². The summed E-state index contributed by atoms with van der Waals surface area (Å²) >= 11 is 0. The molecular weight excluding hydrogens is 258 g/mol. The van der Waals surface area contributed by atoms with Gasteiger partial charge in [0.2, 0.25) is 5.82 Å². The summed E-state index contributed by atoms with van der Waals surface area (Å²) in [4.78, 5) is 16.8. The Morgan fingerprint density at radius 2 is 2.40 bits per heavy atom. The van der Waals surface area contributed by atoms with E-state index in [4.69, 9.17) is 5.26 Å². The van der Waals surface area contributed by atoms with Crippen molar-refractivity contribution in [3.8, 4) is 6.07 Å². The monoisotopic (exact) mass is 275 g/mol. The number of likely N-dealkylation sites (N-methyl/N-ethyl adjacent to an activating group) is 1. The Bertz CT molecular complexity index is 536. The van der Waals surface area contributed by atoms with E-state index in [0.29, 0.717) is 12.6 Å². The quantitative estimate of drug-likeness (QED) is 0.601. The fourth-order valence-electron chi connectivity index (χ4n) is 2.21. The maximum absolute atomic E-state index is 11.0. The number of aromatic nitrogens is 1. The molecule has 1 N–H and O–H groups in total. The maximum Gasteiger partial charge on any atom is 0.328 e. The minimum atomic E-state index is -0.563. The first-order chi connectivity index (χ1) is 9.67. The molecule has 7 nitrogen and oxygen atoms in total. The molecule has 1 aliphatic rings. The molecule has 2 rings (SSSR count). The second-order valence-electron chi connectivity index (χ2n) is 4.71. The molecule has 0 aliphatic heterocycles. The van der Waals surface area contributed by atoms with Crippen LogP contribution < -0.4 is 5.32 Å². The molecule has 1 heterocycles. The number of anilines is 1. The molecular formula is C13H17N5O2. The summed E-state index contributed by atoms with van der Waals surface area (Å²) in [6, 6.07) is 3.84. The zero-order chi connectivity index (χ0) is 14.5. The van der Waals surface area contributed by atoms with Crippen LogP contribution in [-0.2, 0) is 0 Å². The van der Waals surface area contributed by atoms with E-state index in [1.54, 1.807) is 0 Å². The smallest absolute Gasteiger partial charge is 0.328 e. The van der Waals surface area contributed by atoms with Gasteiger partial charge in [0.15, 0.2) is 0 Å². The Labute approximate surface area is 117 Å². The van der Waals surface area contributed by atoms with Gasteiger partial charge in [0, 0.05) is 25.3 Å². The fraction of sp³-hybridized carbons (Fsp3) is 0.538. The fourth-order valence-corrected chi connectivity index (χ4v) is 2.21. The molecule has 7 heteroatoms. The van der Waals surface area contributed by atoms with Gasteiger partial charge in [-0.15, -0.1) is 0 Å². The summed E-state index contributed by atoms with van der Waals surface area (Å²) in [5.41, 5.74) is -0.216. The van der Waals surface area contributed by atoms with Gasteiger partial charge in [-0.05, 0) is 25.5 Å². The van der Waals surface area contributed by atoms with E-state index < -0.39 is 4.92 Å². The van der Waals surface area contributed by atoms with E-state index in [9.17, 15) is 10.1 Å². The van der Waals surface area contributed by atoms with Gasteiger partial charge < -0.3 is 5.32 Å². The van der Waals surface area contributed by atoms with E-state index in [2.05, 4.69) is 22.1 Å². The SMILES string of the molecule is CCN(CCNc1nccc(C#N)c1[N+](=O)[O-])C1CC1. The lowest BCUT2D eigenvalue weighted by molar-refractivity contribution is -0.384. The summed E-state index contributed by atoms with van der Waals surface area (Å²) in [6.45, 7) is 4.47. The van der Waals surface area contributed by atoms with E-state index in [1.165, 1.54) is 25.1 Å². The molecule has 1 aromatic rings. The lowest BCUT2D eigenvalue weighted by atomic mass is 10.2. The third-order valence-corrected chi connectivity index (χ3v) is 3.39. The van der Waals surface area contributed by atoms with Crippen LogP contribution in [0.1, 0.15) is 25.3 Å². The van der Waals surface area contributed by atoms with Crippen LogP contribution in [0.5, 0.6) is 0 Å². The van der Waals surface area contributed by atoms with E-state index >= 15 is 0 Å². The first-order valence-corrected chi connectivity index (χ1v) is 6.68. The van der Waals surface area contributed by atoms with Crippen LogP contribution >= 0.6 is 0 Å². The van der Waals surface area contributed by atoms with Crippen molar-refractivity contribution >= 4 is 11.5 Å². The summed E-state index contributed by atoms with van der Waals surface area (Å²) in [5, 5.41) is 22.9. The molecule has 0 saturated heterocycles. The van der Waals surface area contributed by atoms with Crippen LogP contribution in [0.2, 0.25) is 0 Å². The molecule has 0 aromatic carbocycles. The number of nitriles is 1. The van der Waals surface area contributed by atoms with Gasteiger partial charge in [-0.25, -0.2) is 4.98 Å². The average molecular weight is 275 g/mol. The maximum atomic E-state index is 11.0. The Kier molecular flexibility index (Phi) is 4.48. The molecule has 1 saturated carbocycles. The molecule has 0 atom stereocenters. The topological polar surface area (TPSA) is 95.1 Å². The van der Waals surface area contributed by atoms with Crippen LogP contribution in [0.3, 0.4) is 0 Å². The number of nitro groups is 1. The Balaban J connectivity index is 2.02. The summed E-state index contributed by atoms with van der Waals surface area (Å²) in [5.74, 6) is 0.168. The normalized spacial score (nSPS) is 14.1. The van der Waals surface area contributed by atoms with Crippen molar-refractivity contribution in [1.29, 1.82) is 5.26 Å². The lowest BCUT2D eigenvalue weighted by Crippen LogP contribution is -2.31. The van der Waals surface area contributed by atoms with Crippen LogP contribution in [0, 0.1) is 21.4 Å². The molecule has 1 fully saturated rings. The highest BCUT2D eigenvalue weighted by Crippen LogP contribution is 2.27. The van der Waals surface area contributed by atoms with Crippen molar-refractivity contribution in [2.45, 2.75) is 25.8 Å². The van der Waals surface area contributed by atoms with Crippen molar-refractivity contribution in [1.82, 2.24) is 9.88 Å². The number of nitrogens with zero attached hydrogens (tertiary/aromatic N) is 4. The number of hydrogen-bond acceptors (Lipinski definition) is 6. The van der Waals surface area contributed by atoms with Crippen molar-refractivity contribution < 1.29 is 4.92 Å². The third kappa shape index (κ3) is 3.22. The summed E-state index contributed by atoms with van der Waals surface area (Å²) < 4.78 is 0. The average Bonchev–Trinajstić information content (AvgIpc) is 3.27. The molecule has 0 amide bonds. The highest BCUT2D eigenvalue weighted by molar-refractivity contribution is 5.63. The van der Waals surface area contributed by atoms with Crippen molar-refractivity contribution in [3.05, 3.63) is 27.9 Å². The van der Waals surface area contributed by atoms with Crippen LogP contribution in [0.25, 0.3) is 0 Å². The molecule has 0 bridgehead atoms. The van der Waals surface area contributed by atoms with Gasteiger partial charge in [-0.1, -0.05) is 6.92 Å².